The summed E-state index contributed by atoms with van der Waals surface area (Å²) < 4.78 is 1.98. The number of anilines is 1. The van der Waals surface area contributed by atoms with Crippen LogP contribution in [0.2, 0.25) is 0 Å². The van der Waals surface area contributed by atoms with Gasteiger partial charge in [0.2, 0.25) is 5.95 Å². The van der Waals surface area contributed by atoms with Crippen molar-refractivity contribution in [3.05, 3.63) is 72.7 Å². The smallest absolute Gasteiger partial charge is 0.224 e. The van der Waals surface area contributed by atoms with E-state index in [4.69, 9.17) is 0 Å². The van der Waals surface area contributed by atoms with Gasteiger partial charge in [-0.1, -0.05) is 41.6 Å². The van der Waals surface area contributed by atoms with Crippen LogP contribution in [0, 0.1) is 0 Å². The Hall–Kier alpha value is -3.87. The highest BCUT2D eigenvalue weighted by Crippen LogP contribution is 2.30. The molecule has 148 valence electrons. The van der Waals surface area contributed by atoms with Crippen molar-refractivity contribution in [1.82, 2.24) is 29.9 Å². The van der Waals surface area contributed by atoms with Crippen molar-refractivity contribution >= 4 is 27.9 Å². The highest BCUT2D eigenvalue weighted by Gasteiger charge is 2.16. The Bertz CT molecular complexity index is 1320. The van der Waals surface area contributed by atoms with E-state index in [1.165, 1.54) is 5.56 Å². The first-order valence-electron chi connectivity index (χ1n) is 9.80. The Balaban J connectivity index is 1.67. The lowest BCUT2D eigenvalue weighted by molar-refractivity contribution is 0.561. The van der Waals surface area contributed by atoms with Crippen LogP contribution in [0.3, 0.4) is 0 Å². The second-order valence-corrected chi connectivity index (χ2v) is 7.51. The van der Waals surface area contributed by atoms with Crippen molar-refractivity contribution in [2.75, 3.05) is 19.0 Å². The lowest BCUT2D eigenvalue weighted by atomic mass is 10.0. The maximum atomic E-state index is 4.57. The average Bonchev–Trinajstić information content (AvgIpc) is 3.23. The molecule has 0 aliphatic heterocycles. The Morgan fingerprint density at radius 2 is 1.60 bits per heavy atom. The molecule has 0 fully saturated rings. The Kier molecular flexibility index (Phi) is 4.35. The Labute approximate surface area is 174 Å². The van der Waals surface area contributed by atoms with E-state index in [9.17, 15) is 0 Å². The number of aromatic nitrogens is 6. The minimum Gasteiger partial charge on any atom is -0.347 e. The quantitative estimate of drug-likeness (QED) is 0.456. The fraction of sp³-hybridized carbons (Fsp3) is 0.174. The number of fused-ring (bicyclic) bond motifs is 3. The molecule has 5 aromatic rings. The molecule has 0 bridgehead atoms. The molecule has 0 spiro atoms. The number of benzene rings is 2. The van der Waals surface area contributed by atoms with Crippen molar-refractivity contribution in [1.29, 1.82) is 0 Å². The molecule has 3 aromatic heterocycles. The predicted octanol–water partition coefficient (Wildman–Crippen LogP) is 4.11. The summed E-state index contributed by atoms with van der Waals surface area (Å²) in [6, 6.07) is 16.6. The van der Waals surface area contributed by atoms with Gasteiger partial charge in [-0.2, -0.15) is 0 Å². The summed E-state index contributed by atoms with van der Waals surface area (Å²) in [7, 11) is 3.85. The SMILES string of the molecule is C[C@H](c1ccccc1)n1nnc2cnc3ccc(-c4cnc(N(C)C)nc4)cc3c21. The molecule has 0 unspecified atom stereocenters. The Morgan fingerprint density at radius 1 is 0.833 bits per heavy atom. The molecule has 7 heteroatoms. The molecule has 0 N–H and O–H groups in total. The second-order valence-electron chi connectivity index (χ2n) is 7.51. The predicted molar refractivity (Wildman–Crippen MR) is 118 cm³/mol. The van der Waals surface area contributed by atoms with Crippen LogP contribution in [-0.2, 0) is 0 Å². The molecular formula is C23H21N7. The van der Waals surface area contributed by atoms with Gasteiger partial charge in [-0.05, 0) is 30.2 Å². The molecule has 2 aromatic carbocycles. The van der Waals surface area contributed by atoms with Crippen LogP contribution in [0.1, 0.15) is 18.5 Å². The number of pyridine rings is 1. The molecule has 3 heterocycles. The third-order valence-corrected chi connectivity index (χ3v) is 5.32. The van der Waals surface area contributed by atoms with Crippen LogP contribution in [0.25, 0.3) is 33.1 Å². The Morgan fingerprint density at radius 3 is 2.33 bits per heavy atom. The molecule has 0 saturated carbocycles. The summed E-state index contributed by atoms with van der Waals surface area (Å²) >= 11 is 0. The van der Waals surface area contributed by atoms with E-state index < -0.39 is 0 Å². The zero-order valence-electron chi connectivity index (χ0n) is 17.1. The maximum Gasteiger partial charge on any atom is 0.224 e. The zero-order chi connectivity index (χ0) is 20.7. The number of nitrogens with zero attached hydrogens (tertiary/aromatic N) is 7. The van der Waals surface area contributed by atoms with E-state index in [-0.39, 0.29) is 6.04 Å². The first kappa shape index (κ1) is 18.2. The van der Waals surface area contributed by atoms with E-state index in [2.05, 4.69) is 50.4 Å². The lowest BCUT2D eigenvalue weighted by Crippen LogP contribution is -2.12. The molecule has 0 aliphatic carbocycles. The first-order chi connectivity index (χ1) is 14.6. The van der Waals surface area contributed by atoms with Gasteiger partial charge < -0.3 is 4.90 Å². The van der Waals surface area contributed by atoms with E-state index in [0.717, 1.165) is 33.1 Å². The van der Waals surface area contributed by atoms with Gasteiger partial charge >= 0.3 is 0 Å². The highest BCUT2D eigenvalue weighted by molar-refractivity contribution is 6.03. The van der Waals surface area contributed by atoms with Gasteiger partial charge in [0.05, 0.1) is 17.8 Å². The molecule has 7 nitrogen and oxygen atoms in total. The third kappa shape index (κ3) is 3.04. The van der Waals surface area contributed by atoms with E-state index in [1.54, 1.807) is 6.20 Å². The first-order valence-corrected chi connectivity index (χ1v) is 9.80. The van der Waals surface area contributed by atoms with Crippen molar-refractivity contribution in [2.45, 2.75) is 13.0 Å². The molecule has 30 heavy (non-hydrogen) atoms. The van der Waals surface area contributed by atoms with Gasteiger partial charge in [-0.15, -0.1) is 5.10 Å². The fourth-order valence-electron chi connectivity index (χ4n) is 3.65. The van der Waals surface area contributed by atoms with E-state index in [0.29, 0.717) is 5.95 Å². The topological polar surface area (TPSA) is 72.6 Å². The lowest BCUT2D eigenvalue weighted by Gasteiger charge is -2.14. The summed E-state index contributed by atoms with van der Waals surface area (Å²) in [4.78, 5) is 15.3. The van der Waals surface area contributed by atoms with Crippen LogP contribution >= 0.6 is 0 Å². The van der Waals surface area contributed by atoms with E-state index >= 15 is 0 Å². The summed E-state index contributed by atoms with van der Waals surface area (Å²) in [5, 5.41) is 9.83. The molecule has 0 saturated heterocycles. The summed E-state index contributed by atoms with van der Waals surface area (Å²) in [6.07, 6.45) is 5.48. The van der Waals surface area contributed by atoms with Crippen LogP contribution in [0.5, 0.6) is 0 Å². The van der Waals surface area contributed by atoms with Gasteiger partial charge in [0.15, 0.2) is 0 Å². The second kappa shape index (κ2) is 7.18. The number of hydrogen-bond acceptors (Lipinski definition) is 6. The molecule has 0 aliphatic rings. The average molecular weight is 395 g/mol. The van der Waals surface area contributed by atoms with Gasteiger partial charge in [0.1, 0.15) is 11.0 Å². The normalized spacial score (nSPS) is 12.4. The third-order valence-electron chi connectivity index (χ3n) is 5.32. The fourth-order valence-corrected chi connectivity index (χ4v) is 3.65. The molecule has 0 amide bonds. The standard InChI is InChI=1S/C23H21N7/c1-15(16-7-5-4-6-8-16)30-22-19-11-17(18-12-25-23(26-13-18)29(2)3)9-10-20(19)24-14-21(22)27-28-30/h4-15H,1-3H3/t15-/m1/s1. The number of hydrogen-bond donors (Lipinski definition) is 0. The van der Waals surface area contributed by atoms with Crippen molar-refractivity contribution in [2.24, 2.45) is 0 Å². The van der Waals surface area contributed by atoms with Crippen molar-refractivity contribution in [3.8, 4) is 11.1 Å². The van der Waals surface area contributed by atoms with Crippen LogP contribution < -0.4 is 4.90 Å². The van der Waals surface area contributed by atoms with Crippen molar-refractivity contribution < 1.29 is 0 Å². The molecule has 0 radical (unpaired) electrons. The summed E-state index contributed by atoms with van der Waals surface area (Å²) in [6.45, 7) is 2.13. The van der Waals surface area contributed by atoms with Gasteiger partial charge in [-0.25, -0.2) is 14.6 Å². The summed E-state index contributed by atoms with van der Waals surface area (Å²) in [5.41, 5.74) is 5.82. The molecule has 1 atom stereocenters. The maximum absolute atomic E-state index is 4.57. The number of rotatable bonds is 4. The van der Waals surface area contributed by atoms with Crippen LogP contribution in [0.15, 0.2) is 67.1 Å². The van der Waals surface area contributed by atoms with Gasteiger partial charge in [0.25, 0.3) is 0 Å². The minimum atomic E-state index is 0.0492. The van der Waals surface area contributed by atoms with Crippen molar-refractivity contribution in [3.63, 3.8) is 0 Å². The monoisotopic (exact) mass is 395 g/mol. The van der Waals surface area contributed by atoms with Crippen LogP contribution in [-0.4, -0.2) is 44.0 Å². The highest BCUT2D eigenvalue weighted by atomic mass is 15.4. The van der Waals surface area contributed by atoms with Gasteiger partial charge in [-0.3, -0.25) is 4.98 Å². The molecule has 5 rings (SSSR count). The van der Waals surface area contributed by atoms with Crippen LogP contribution in [0.4, 0.5) is 5.95 Å². The minimum absolute atomic E-state index is 0.0492. The largest absolute Gasteiger partial charge is 0.347 e. The zero-order valence-corrected chi connectivity index (χ0v) is 17.1. The van der Waals surface area contributed by atoms with Gasteiger partial charge in [0, 0.05) is 37.4 Å². The van der Waals surface area contributed by atoms with E-state index in [1.807, 2.05) is 66.4 Å². The summed E-state index contributed by atoms with van der Waals surface area (Å²) in [5.74, 6) is 0.683. The molecular weight excluding hydrogens is 374 g/mol.